The number of hydrogen-bond acceptors (Lipinski definition) is 2. The van der Waals surface area contributed by atoms with Crippen LogP contribution in [0, 0.1) is 0 Å². The lowest BCUT2D eigenvalue weighted by Gasteiger charge is -2.19. The van der Waals surface area contributed by atoms with Crippen LogP contribution < -0.4 is 5.32 Å². The summed E-state index contributed by atoms with van der Waals surface area (Å²) in [6.45, 7) is 2.84. The van der Waals surface area contributed by atoms with E-state index in [-0.39, 0.29) is 18.5 Å². The Bertz CT molecular complexity index is 217. The van der Waals surface area contributed by atoms with Gasteiger partial charge in [-0.2, -0.15) is 0 Å². The van der Waals surface area contributed by atoms with Gasteiger partial charge in [0, 0.05) is 27.7 Å². The van der Waals surface area contributed by atoms with E-state index in [9.17, 15) is 9.59 Å². The number of nitrogens with zero attached hydrogens (tertiary/aromatic N) is 2. The van der Waals surface area contributed by atoms with Crippen LogP contribution in [0.2, 0.25) is 0 Å². The molecule has 0 aliphatic heterocycles. The molecule has 0 aromatic carbocycles. The summed E-state index contributed by atoms with van der Waals surface area (Å²) in [6.07, 6.45) is 2.00. The van der Waals surface area contributed by atoms with Crippen molar-refractivity contribution >= 4 is 11.9 Å². The molecule has 0 aliphatic rings. The lowest BCUT2D eigenvalue weighted by Crippen LogP contribution is -2.43. The topological polar surface area (TPSA) is 52.7 Å². The predicted octanol–water partition coefficient (Wildman–Crippen LogP) is 0.516. The number of amides is 3. The first-order chi connectivity index (χ1) is 6.99. The molecular formula is C10H21N3O2. The Morgan fingerprint density at radius 2 is 1.80 bits per heavy atom. The van der Waals surface area contributed by atoms with E-state index in [1.54, 1.807) is 21.1 Å². The first kappa shape index (κ1) is 13.7. The first-order valence-corrected chi connectivity index (χ1v) is 5.18. The van der Waals surface area contributed by atoms with Gasteiger partial charge in [0.1, 0.15) is 6.54 Å². The average molecular weight is 215 g/mol. The molecular weight excluding hydrogens is 194 g/mol. The lowest BCUT2D eigenvalue weighted by atomic mass is 10.3. The fourth-order valence-corrected chi connectivity index (χ4v) is 0.923. The Labute approximate surface area is 91.4 Å². The Morgan fingerprint density at radius 1 is 1.20 bits per heavy atom. The number of urea groups is 1. The van der Waals surface area contributed by atoms with Gasteiger partial charge in [0.2, 0.25) is 5.91 Å². The van der Waals surface area contributed by atoms with E-state index in [0.29, 0.717) is 6.54 Å². The molecule has 5 heteroatoms. The van der Waals surface area contributed by atoms with Crippen LogP contribution in [0.5, 0.6) is 0 Å². The molecule has 0 atom stereocenters. The van der Waals surface area contributed by atoms with Gasteiger partial charge in [0.15, 0.2) is 0 Å². The molecule has 5 nitrogen and oxygen atoms in total. The summed E-state index contributed by atoms with van der Waals surface area (Å²) in [5.41, 5.74) is 0. The van der Waals surface area contributed by atoms with Crippen LogP contribution >= 0.6 is 0 Å². The Balaban J connectivity index is 3.83. The molecule has 0 saturated carbocycles. The normalized spacial score (nSPS) is 9.60. The quantitative estimate of drug-likeness (QED) is 0.680. The number of likely N-dealkylation sites (N-methyl/N-ethyl adjacent to an activating group) is 2. The molecule has 0 heterocycles. The highest BCUT2D eigenvalue weighted by atomic mass is 16.2. The van der Waals surface area contributed by atoms with Crippen LogP contribution in [0.25, 0.3) is 0 Å². The van der Waals surface area contributed by atoms with E-state index in [0.717, 1.165) is 12.8 Å². The maximum Gasteiger partial charge on any atom is 0.317 e. The fourth-order valence-electron chi connectivity index (χ4n) is 0.923. The van der Waals surface area contributed by atoms with Gasteiger partial charge in [-0.15, -0.1) is 0 Å². The highest BCUT2D eigenvalue weighted by molar-refractivity contribution is 5.83. The maximum absolute atomic E-state index is 11.4. The molecule has 0 rings (SSSR count). The van der Waals surface area contributed by atoms with Crippen molar-refractivity contribution in [3.63, 3.8) is 0 Å². The van der Waals surface area contributed by atoms with Gasteiger partial charge in [-0.25, -0.2) is 4.79 Å². The van der Waals surface area contributed by atoms with Gasteiger partial charge >= 0.3 is 6.03 Å². The molecule has 3 amide bonds. The zero-order valence-electron chi connectivity index (χ0n) is 10.0. The van der Waals surface area contributed by atoms with Crippen molar-refractivity contribution in [2.75, 3.05) is 34.2 Å². The third-order valence-electron chi connectivity index (χ3n) is 2.02. The van der Waals surface area contributed by atoms with Crippen molar-refractivity contribution in [1.82, 2.24) is 15.1 Å². The third-order valence-corrected chi connectivity index (χ3v) is 2.02. The summed E-state index contributed by atoms with van der Waals surface area (Å²) < 4.78 is 0. The van der Waals surface area contributed by atoms with Gasteiger partial charge in [0.25, 0.3) is 0 Å². The van der Waals surface area contributed by atoms with Crippen LogP contribution in [-0.4, -0.2) is 56.0 Å². The highest BCUT2D eigenvalue weighted by Gasteiger charge is 2.12. The van der Waals surface area contributed by atoms with Crippen molar-refractivity contribution < 1.29 is 9.59 Å². The van der Waals surface area contributed by atoms with E-state index in [1.165, 1.54) is 9.80 Å². The van der Waals surface area contributed by atoms with Crippen LogP contribution in [0.1, 0.15) is 19.8 Å². The van der Waals surface area contributed by atoms with E-state index in [4.69, 9.17) is 0 Å². The van der Waals surface area contributed by atoms with Gasteiger partial charge in [-0.3, -0.25) is 4.79 Å². The first-order valence-electron chi connectivity index (χ1n) is 5.18. The molecule has 0 saturated heterocycles. The molecule has 15 heavy (non-hydrogen) atoms. The second kappa shape index (κ2) is 7.09. The molecule has 88 valence electrons. The van der Waals surface area contributed by atoms with Crippen LogP contribution in [-0.2, 0) is 4.79 Å². The second-order valence-electron chi connectivity index (χ2n) is 3.73. The molecule has 0 spiro atoms. The van der Waals surface area contributed by atoms with Crippen molar-refractivity contribution in [3.05, 3.63) is 0 Å². The summed E-state index contributed by atoms with van der Waals surface area (Å²) >= 11 is 0. The summed E-state index contributed by atoms with van der Waals surface area (Å²) in [5.74, 6) is -0.0804. The van der Waals surface area contributed by atoms with Crippen molar-refractivity contribution in [1.29, 1.82) is 0 Å². The number of carbonyl (C=O) groups excluding carboxylic acids is 2. The zero-order valence-corrected chi connectivity index (χ0v) is 10.0. The number of carbonyl (C=O) groups is 2. The summed E-state index contributed by atoms with van der Waals surface area (Å²) in [5, 5.41) is 2.74. The van der Waals surface area contributed by atoms with E-state index < -0.39 is 0 Å². The second-order valence-corrected chi connectivity index (χ2v) is 3.73. The van der Waals surface area contributed by atoms with Gasteiger partial charge < -0.3 is 15.1 Å². The van der Waals surface area contributed by atoms with Crippen LogP contribution in [0.4, 0.5) is 4.79 Å². The SMILES string of the molecule is CCCCNC(=O)N(C)CC(=O)N(C)C. The predicted molar refractivity (Wildman–Crippen MR) is 59.6 cm³/mol. The smallest absolute Gasteiger partial charge is 0.317 e. The van der Waals surface area contributed by atoms with Crippen LogP contribution in [0.3, 0.4) is 0 Å². The average Bonchev–Trinajstić information content (AvgIpc) is 2.17. The van der Waals surface area contributed by atoms with Gasteiger partial charge in [-0.05, 0) is 6.42 Å². The summed E-state index contributed by atoms with van der Waals surface area (Å²) in [6, 6.07) is -0.196. The molecule has 0 aromatic rings. The summed E-state index contributed by atoms with van der Waals surface area (Å²) in [4.78, 5) is 25.6. The maximum atomic E-state index is 11.4. The number of nitrogens with one attached hydrogen (secondary N) is 1. The largest absolute Gasteiger partial charge is 0.347 e. The minimum Gasteiger partial charge on any atom is -0.347 e. The molecule has 0 unspecified atom stereocenters. The zero-order chi connectivity index (χ0) is 11.8. The Hall–Kier alpha value is -1.26. The summed E-state index contributed by atoms with van der Waals surface area (Å²) in [7, 11) is 4.96. The minimum atomic E-state index is -0.196. The van der Waals surface area contributed by atoms with Crippen molar-refractivity contribution in [2.24, 2.45) is 0 Å². The minimum absolute atomic E-state index is 0.0804. The Morgan fingerprint density at radius 3 is 2.27 bits per heavy atom. The Kier molecular flexibility index (Phi) is 6.49. The number of rotatable bonds is 5. The molecule has 1 N–H and O–H groups in total. The third kappa shape index (κ3) is 5.93. The van der Waals surface area contributed by atoms with Crippen molar-refractivity contribution in [2.45, 2.75) is 19.8 Å². The lowest BCUT2D eigenvalue weighted by molar-refractivity contribution is -0.129. The molecule has 0 bridgehead atoms. The van der Waals surface area contributed by atoms with E-state index in [2.05, 4.69) is 12.2 Å². The van der Waals surface area contributed by atoms with Crippen molar-refractivity contribution in [3.8, 4) is 0 Å². The van der Waals surface area contributed by atoms with Gasteiger partial charge in [-0.1, -0.05) is 13.3 Å². The fraction of sp³-hybridized carbons (Fsp3) is 0.800. The monoisotopic (exact) mass is 215 g/mol. The van der Waals surface area contributed by atoms with Gasteiger partial charge in [0.05, 0.1) is 0 Å². The molecule has 0 radical (unpaired) electrons. The number of unbranched alkanes of at least 4 members (excludes halogenated alkanes) is 1. The standard InChI is InChI=1S/C10H21N3O2/c1-5-6-7-11-10(15)13(4)8-9(14)12(2)3/h5-8H2,1-4H3,(H,11,15). The number of hydrogen-bond donors (Lipinski definition) is 1. The van der Waals surface area contributed by atoms with E-state index >= 15 is 0 Å². The van der Waals surface area contributed by atoms with E-state index in [1.807, 2.05) is 0 Å². The molecule has 0 fully saturated rings. The van der Waals surface area contributed by atoms with Crippen LogP contribution in [0.15, 0.2) is 0 Å². The molecule has 0 aliphatic carbocycles. The highest BCUT2D eigenvalue weighted by Crippen LogP contribution is 1.89. The molecule has 0 aromatic heterocycles.